The van der Waals surface area contributed by atoms with Crippen molar-refractivity contribution >= 4 is 33.7 Å². The maximum Gasteiger partial charge on any atom is 0.445 e. The molecule has 0 amide bonds. The van der Waals surface area contributed by atoms with Crippen LogP contribution in [0.5, 0.6) is 0 Å². The first-order chi connectivity index (χ1) is 12.1. The fourth-order valence-electron chi connectivity index (χ4n) is 2.58. The Morgan fingerprint density at radius 1 is 1.35 bits per heavy atom. The molecule has 140 valence electrons. The monoisotopic (exact) mass is 404 g/mol. The number of alkyl halides is 3. The van der Waals surface area contributed by atoms with E-state index < -0.39 is 22.1 Å². The van der Waals surface area contributed by atoms with Crippen molar-refractivity contribution in [1.29, 1.82) is 0 Å². The molecule has 2 unspecified atom stereocenters. The molecule has 3 rings (SSSR count). The zero-order valence-corrected chi connectivity index (χ0v) is 15.5. The summed E-state index contributed by atoms with van der Waals surface area (Å²) < 4.78 is 42.9. The number of hydrogen-bond donors (Lipinski definition) is 0. The Bertz CT molecular complexity index is 812. The number of hydrogen-bond acceptors (Lipinski definition) is 7. The van der Waals surface area contributed by atoms with Crippen LogP contribution in [0, 0.1) is 12.1 Å². The minimum absolute atomic E-state index is 0.104. The molecular weight excluding hydrogens is 389 g/mol. The summed E-state index contributed by atoms with van der Waals surface area (Å²) in [4.78, 5) is 1.66. The van der Waals surface area contributed by atoms with E-state index >= 15 is 0 Å². The van der Waals surface area contributed by atoms with Gasteiger partial charge in [-0.2, -0.15) is 13.2 Å². The molecule has 26 heavy (non-hydrogen) atoms. The minimum Gasteiger partial charge on any atom is -0.622 e. The van der Waals surface area contributed by atoms with Crippen molar-refractivity contribution in [2.45, 2.75) is 19.3 Å². The van der Waals surface area contributed by atoms with Crippen molar-refractivity contribution in [3.63, 3.8) is 0 Å². The van der Waals surface area contributed by atoms with Gasteiger partial charge in [0.2, 0.25) is 5.01 Å². The number of halogens is 3. The van der Waals surface area contributed by atoms with Gasteiger partial charge in [0.25, 0.3) is 6.23 Å². The summed E-state index contributed by atoms with van der Waals surface area (Å²) in [5, 5.41) is 18.5. The quantitative estimate of drug-likeness (QED) is 0.445. The Morgan fingerprint density at radius 3 is 2.58 bits per heavy atom. The summed E-state index contributed by atoms with van der Waals surface area (Å²) in [7, 11) is 1.68. The molecule has 0 aliphatic carbocycles. The molecule has 0 saturated carbocycles. The van der Waals surface area contributed by atoms with Gasteiger partial charge < -0.3 is 9.94 Å². The Morgan fingerprint density at radius 2 is 2.00 bits per heavy atom. The van der Waals surface area contributed by atoms with Crippen LogP contribution in [0.15, 0.2) is 24.3 Å². The average molecular weight is 404 g/mol. The number of aromatic nitrogens is 2. The van der Waals surface area contributed by atoms with Crippen molar-refractivity contribution in [2.75, 3.05) is 20.3 Å². The lowest BCUT2D eigenvalue weighted by Gasteiger charge is -2.38. The third-order valence-corrected chi connectivity index (χ3v) is 5.31. The molecule has 1 aliphatic heterocycles. The second-order valence-electron chi connectivity index (χ2n) is 6.09. The summed E-state index contributed by atoms with van der Waals surface area (Å²) >= 11 is 5.48. The molecule has 2 atom stereocenters. The van der Waals surface area contributed by atoms with E-state index in [4.69, 9.17) is 17.0 Å². The number of rotatable bonds is 3. The van der Waals surface area contributed by atoms with Gasteiger partial charge in [0.1, 0.15) is 6.67 Å². The van der Waals surface area contributed by atoms with Crippen LogP contribution in [0.25, 0.3) is 0 Å². The predicted octanol–water partition coefficient (Wildman–Crippen LogP) is 3.29. The van der Waals surface area contributed by atoms with Gasteiger partial charge in [-0.25, -0.2) is 4.90 Å². The Hall–Kier alpha value is -1.66. The number of nitrogens with zero attached hydrogens (tertiary/aromatic N) is 4. The average Bonchev–Trinajstić information content (AvgIpc) is 3.14. The molecule has 1 aromatic carbocycles. The summed E-state index contributed by atoms with van der Waals surface area (Å²) in [6.45, 7) is 2.02. The van der Waals surface area contributed by atoms with Crippen LogP contribution in [-0.4, -0.2) is 46.6 Å². The molecule has 0 radical (unpaired) electrons. The topological polar surface area (TPSA) is 61.3 Å². The second kappa shape index (κ2) is 6.82. The van der Waals surface area contributed by atoms with Crippen molar-refractivity contribution in [3.05, 3.63) is 45.6 Å². The largest absolute Gasteiger partial charge is 0.622 e. The molecule has 1 aromatic heterocycles. The van der Waals surface area contributed by atoms with Crippen molar-refractivity contribution < 1.29 is 17.9 Å². The van der Waals surface area contributed by atoms with Crippen LogP contribution in [-0.2, 0) is 10.9 Å². The SMILES string of the molecule is Cc1ccc(C(=S)OC2CN(C)C[N+]2([O-])c2nnc(C(F)(F)F)s2)cc1. The van der Waals surface area contributed by atoms with Gasteiger partial charge in [0, 0.05) is 5.56 Å². The van der Waals surface area contributed by atoms with E-state index in [1.165, 1.54) is 0 Å². The Balaban J connectivity index is 1.84. The van der Waals surface area contributed by atoms with Crippen LogP contribution < -0.4 is 4.65 Å². The highest BCUT2D eigenvalue weighted by Gasteiger charge is 2.47. The standard InChI is InChI=1S/C15H15F3N4O2S2/c1-9-3-5-10(6-4-9)12(25)24-11-7-21(2)8-22(11,23)14-20-19-13(26-14)15(16,17)18/h3-6,11H,7-8H2,1-2H3. The molecule has 0 N–H and O–H groups in total. The van der Waals surface area contributed by atoms with Crippen molar-refractivity contribution in [1.82, 2.24) is 19.7 Å². The van der Waals surface area contributed by atoms with Gasteiger partial charge >= 0.3 is 11.3 Å². The Kier molecular flexibility index (Phi) is 5.01. The highest BCUT2D eigenvalue weighted by Crippen LogP contribution is 2.39. The van der Waals surface area contributed by atoms with Crippen LogP contribution in [0.1, 0.15) is 16.1 Å². The maximum absolute atomic E-state index is 13.3. The molecule has 1 fully saturated rings. The summed E-state index contributed by atoms with van der Waals surface area (Å²) in [6.07, 6.45) is -5.67. The number of quaternary nitrogens is 1. The molecule has 2 aromatic rings. The molecule has 2 heterocycles. The number of likely N-dealkylation sites (N-methyl/N-ethyl adjacent to an activating group) is 1. The van der Waals surface area contributed by atoms with Gasteiger partial charge in [-0.05, 0) is 37.5 Å². The maximum atomic E-state index is 13.3. The van der Waals surface area contributed by atoms with Crippen LogP contribution in [0.4, 0.5) is 18.3 Å². The zero-order valence-electron chi connectivity index (χ0n) is 13.9. The lowest BCUT2D eigenvalue weighted by atomic mass is 10.2. The lowest BCUT2D eigenvalue weighted by molar-refractivity contribution is -0.138. The highest BCUT2D eigenvalue weighted by atomic mass is 32.1. The number of thiocarbonyl (C=S) groups is 1. The van der Waals surface area contributed by atoms with Crippen molar-refractivity contribution in [3.8, 4) is 0 Å². The van der Waals surface area contributed by atoms with Gasteiger partial charge in [-0.1, -0.05) is 34.9 Å². The smallest absolute Gasteiger partial charge is 0.445 e. The number of hydroxylamine groups is 2. The van der Waals surface area contributed by atoms with Crippen LogP contribution in [0.3, 0.4) is 0 Å². The second-order valence-corrected chi connectivity index (χ2v) is 7.42. The normalized spacial score (nSPS) is 24.0. The molecule has 0 bridgehead atoms. The molecular formula is C15H15F3N4O2S2. The van der Waals surface area contributed by atoms with Crippen LogP contribution in [0.2, 0.25) is 0 Å². The van der Waals surface area contributed by atoms with E-state index in [-0.39, 0.29) is 34.7 Å². The summed E-state index contributed by atoms with van der Waals surface area (Å²) in [6, 6.07) is 7.24. The number of ether oxygens (including phenoxy) is 1. The van der Waals surface area contributed by atoms with E-state index in [1.54, 1.807) is 24.1 Å². The molecule has 6 nitrogen and oxygen atoms in total. The first-order valence-electron chi connectivity index (χ1n) is 7.56. The highest BCUT2D eigenvalue weighted by molar-refractivity contribution is 7.80. The number of aryl methyl sites for hydroxylation is 1. The van der Waals surface area contributed by atoms with Gasteiger partial charge in [-0.3, -0.25) is 4.65 Å². The first-order valence-corrected chi connectivity index (χ1v) is 8.78. The van der Waals surface area contributed by atoms with E-state index in [0.717, 1.165) is 5.56 Å². The van der Waals surface area contributed by atoms with E-state index in [2.05, 4.69) is 10.2 Å². The fourth-order valence-corrected chi connectivity index (χ4v) is 3.61. The van der Waals surface area contributed by atoms with Crippen LogP contribution >= 0.6 is 23.6 Å². The predicted molar refractivity (Wildman–Crippen MR) is 95.3 cm³/mol. The molecule has 1 aliphatic rings. The van der Waals surface area contributed by atoms with E-state index in [9.17, 15) is 18.4 Å². The first kappa shape index (κ1) is 19.1. The van der Waals surface area contributed by atoms with Crippen molar-refractivity contribution in [2.24, 2.45) is 0 Å². The van der Waals surface area contributed by atoms with E-state index in [1.807, 2.05) is 19.1 Å². The van der Waals surface area contributed by atoms with Gasteiger partial charge in [0.15, 0.2) is 5.05 Å². The third kappa shape index (κ3) is 3.71. The molecule has 1 saturated heterocycles. The summed E-state index contributed by atoms with van der Waals surface area (Å²) in [5.41, 5.74) is 1.67. The number of benzene rings is 1. The third-order valence-electron chi connectivity index (χ3n) is 3.90. The van der Waals surface area contributed by atoms with E-state index in [0.29, 0.717) is 5.56 Å². The molecule has 0 spiro atoms. The summed E-state index contributed by atoms with van der Waals surface area (Å²) in [5.74, 6) is 0. The fraction of sp³-hybridized carbons (Fsp3) is 0.400. The van der Waals surface area contributed by atoms with Gasteiger partial charge in [-0.15, -0.1) is 5.10 Å². The molecule has 11 heteroatoms. The zero-order chi connectivity index (χ0) is 19.1. The Labute approximate surface area is 157 Å². The van der Waals surface area contributed by atoms with Gasteiger partial charge in [0.05, 0.1) is 6.54 Å². The minimum atomic E-state index is -4.64. The lowest BCUT2D eigenvalue weighted by Crippen LogP contribution is -2.50.